The molecule has 6 nitrogen and oxygen atoms in total. The van der Waals surface area contributed by atoms with Gasteiger partial charge < -0.3 is 10.5 Å². The molecule has 0 radical (unpaired) electrons. The van der Waals surface area contributed by atoms with E-state index in [1.54, 1.807) is 0 Å². The molecule has 26 heavy (non-hydrogen) atoms. The third-order valence-electron chi connectivity index (χ3n) is 3.73. The molecule has 3 aromatic rings. The predicted octanol–water partition coefficient (Wildman–Crippen LogP) is 4.76. The minimum Gasteiger partial charge on any atom is -0.476 e. The zero-order valence-electron chi connectivity index (χ0n) is 14.6. The smallest absolute Gasteiger partial charge is 0.248 e. The summed E-state index contributed by atoms with van der Waals surface area (Å²) in [6.07, 6.45) is 0. The highest BCUT2D eigenvalue weighted by atomic mass is 32.1. The minimum absolute atomic E-state index is 0.0861. The van der Waals surface area contributed by atoms with Crippen LogP contribution in [0.1, 0.15) is 12.5 Å². The van der Waals surface area contributed by atoms with Crippen molar-refractivity contribution < 1.29 is 4.74 Å². The van der Waals surface area contributed by atoms with Crippen LogP contribution in [-0.2, 0) is 0 Å². The van der Waals surface area contributed by atoms with Gasteiger partial charge in [-0.2, -0.15) is 14.9 Å². The van der Waals surface area contributed by atoms with E-state index in [4.69, 9.17) is 22.7 Å². The summed E-state index contributed by atoms with van der Waals surface area (Å²) < 4.78 is 7.11. The van der Waals surface area contributed by atoms with Gasteiger partial charge >= 0.3 is 0 Å². The van der Waals surface area contributed by atoms with Crippen LogP contribution in [-0.4, -0.2) is 21.5 Å². The van der Waals surface area contributed by atoms with Crippen LogP contribution in [0.25, 0.3) is 11.3 Å². The highest BCUT2D eigenvalue weighted by molar-refractivity contribution is 7.80. The molecule has 132 valence electrons. The van der Waals surface area contributed by atoms with Crippen molar-refractivity contribution in [2.45, 2.75) is 13.8 Å². The Morgan fingerprint density at radius 2 is 1.81 bits per heavy atom. The number of benzene rings is 2. The first kappa shape index (κ1) is 17.8. The molecule has 1 aromatic heterocycles. The Bertz CT molecular complexity index is 950. The van der Waals surface area contributed by atoms with E-state index < -0.39 is 0 Å². The number of thiocarbonyl (C=S) groups is 1. The van der Waals surface area contributed by atoms with Gasteiger partial charge in [0.25, 0.3) is 0 Å². The van der Waals surface area contributed by atoms with Gasteiger partial charge in [-0.15, -0.1) is 5.11 Å². The molecular formula is C19H19N5OS. The molecule has 0 spiro atoms. The molecular weight excluding hydrogens is 346 g/mol. The summed E-state index contributed by atoms with van der Waals surface area (Å²) in [5, 5.41) is 13.4. The third kappa shape index (κ3) is 3.62. The average Bonchev–Trinajstić information content (AvgIpc) is 3.01. The number of nitrogens with zero attached hydrogens (tertiary/aromatic N) is 4. The fraction of sp³-hybridized carbons (Fsp3) is 0.158. The molecule has 0 amide bonds. The van der Waals surface area contributed by atoms with Gasteiger partial charge in [-0.3, -0.25) is 0 Å². The number of aryl methyl sites for hydroxylation is 1. The fourth-order valence-corrected chi connectivity index (χ4v) is 2.59. The van der Waals surface area contributed by atoms with Gasteiger partial charge in [-0.05, 0) is 37.7 Å². The average molecular weight is 365 g/mol. The maximum absolute atomic E-state index is 5.82. The third-order valence-corrected chi connectivity index (χ3v) is 3.90. The number of hydrogen-bond acceptors (Lipinski definition) is 5. The van der Waals surface area contributed by atoms with Crippen molar-refractivity contribution in [2.75, 3.05) is 6.61 Å². The number of nitrogens with two attached hydrogens (primary N) is 1. The molecule has 0 aliphatic carbocycles. The van der Waals surface area contributed by atoms with Crippen molar-refractivity contribution in [3.05, 3.63) is 60.2 Å². The number of rotatable bonds is 5. The van der Waals surface area contributed by atoms with Gasteiger partial charge in [0.2, 0.25) is 5.88 Å². The maximum atomic E-state index is 5.82. The van der Waals surface area contributed by atoms with Gasteiger partial charge in [-0.1, -0.05) is 48.5 Å². The molecule has 0 atom stereocenters. The zero-order valence-corrected chi connectivity index (χ0v) is 15.4. The topological polar surface area (TPSA) is 77.8 Å². The van der Waals surface area contributed by atoms with Crippen LogP contribution >= 0.6 is 12.2 Å². The van der Waals surface area contributed by atoms with E-state index in [0.29, 0.717) is 23.9 Å². The Morgan fingerprint density at radius 3 is 2.46 bits per heavy atom. The summed E-state index contributed by atoms with van der Waals surface area (Å²) in [7, 11) is 0. The number of aromatic nitrogens is 2. The normalized spacial score (nSPS) is 11.0. The molecule has 0 aliphatic rings. The van der Waals surface area contributed by atoms with E-state index in [2.05, 4.69) is 15.3 Å². The summed E-state index contributed by atoms with van der Waals surface area (Å²) in [6, 6.07) is 17.4. The predicted molar refractivity (Wildman–Crippen MR) is 106 cm³/mol. The summed E-state index contributed by atoms with van der Waals surface area (Å²) in [4.78, 5) is 0. The van der Waals surface area contributed by atoms with Crippen molar-refractivity contribution >= 4 is 28.7 Å². The Morgan fingerprint density at radius 1 is 1.12 bits per heavy atom. The minimum atomic E-state index is 0.0861. The Hall–Kier alpha value is -3.06. The monoisotopic (exact) mass is 365 g/mol. The number of azo groups is 1. The molecule has 0 fully saturated rings. The van der Waals surface area contributed by atoms with Crippen LogP contribution in [0.2, 0.25) is 0 Å². The second kappa shape index (κ2) is 7.88. The van der Waals surface area contributed by atoms with Gasteiger partial charge in [0.15, 0.2) is 10.8 Å². The van der Waals surface area contributed by atoms with Crippen molar-refractivity contribution in [3.8, 4) is 17.1 Å². The second-order valence-electron chi connectivity index (χ2n) is 5.54. The lowest BCUT2D eigenvalue weighted by atomic mass is 10.1. The van der Waals surface area contributed by atoms with Gasteiger partial charge in [-0.25, -0.2) is 0 Å². The summed E-state index contributed by atoms with van der Waals surface area (Å²) >= 11 is 5.11. The molecule has 0 aliphatic heterocycles. The quantitative estimate of drug-likeness (QED) is 0.522. The molecule has 1 heterocycles. The molecule has 0 saturated heterocycles. The molecule has 0 unspecified atom stereocenters. The zero-order chi connectivity index (χ0) is 18.5. The Labute approximate surface area is 157 Å². The molecule has 0 saturated carbocycles. The van der Waals surface area contributed by atoms with Crippen LogP contribution in [0, 0.1) is 6.92 Å². The summed E-state index contributed by atoms with van der Waals surface area (Å²) in [5.41, 5.74) is 9.60. The van der Waals surface area contributed by atoms with Crippen molar-refractivity contribution in [3.63, 3.8) is 0 Å². The summed E-state index contributed by atoms with van der Waals surface area (Å²) in [6.45, 7) is 4.28. The van der Waals surface area contributed by atoms with Crippen LogP contribution in [0.15, 0.2) is 64.8 Å². The fourth-order valence-electron chi connectivity index (χ4n) is 2.47. The molecule has 3 rings (SSSR count). The van der Waals surface area contributed by atoms with Crippen LogP contribution in [0.4, 0.5) is 11.4 Å². The highest BCUT2D eigenvalue weighted by Crippen LogP contribution is 2.39. The van der Waals surface area contributed by atoms with E-state index in [0.717, 1.165) is 16.8 Å². The Balaban J connectivity index is 2.17. The second-order valence-corrected chi connectivity index (χ2v) is 5.96. The largest absolute Gasteiger partial charge is 0.476 e. The van der Waals surface area contributed by atoms with E-state index in [1.165, 1.54) is 4.68 Å². The maximum Gasteiger partial charge on any atom is 0.248 e. The molecule has 0 bridgehead atoms. The molecule has 2 aromatic carbocycles. The van der Waals surface area contributed by atoms with E-state index in [-0.39, 0.29) is 5.11 Å². The Kier molecular flexibility index (Phi) is 5.38. The lowest BCUT2D eigenvalue weighted by Crippen LogP contribution is -2.21. The van der Waals surface area contributed by atoms with Gasteiger partial charge in [0.1, 0.15) is 5.69 Å². The first-order valence-electron chi connectivity index (χ1n) is 8.20. The van der Waals surface area contributed by atoms with Crippen molar-refractivity contribution in [1.82, 2.24) is 9.78 Å². The van der Waals surface area contributed by atoms with E-state index in [9.17, 15) is 0 Å². The number of hydrogen-bond donors (Lipinski definition) is 1. The van der Waals surface area contributed by atoms with Crippen LogP contribution in [0.5, 0.6) is 5.88 Å². The van der Waals surface area contributed by atoms with Crippen LogP contribution in [0.3, 0.4) is 0 Å². The highest BCUT2D eigenvalue weighted by Gasteiger charge is 2.22. The van der Waals surface area contributed by atoms with Crippen molar-refractivity contribution in [2.24, 2.45) is 16.0 Å². The standard InChI is InChI=1S/C19H19N5OS/c1-3-25-18-17(22-21-15-12-8-7-9-13(15)2)16(23-24(18)19(20)26)14-10-5-4-6-11-14/h4-12H,3H2,1-2H3,(H2,20,26). The summed E-state index contributed by atoms with van der Waals surface area (Å²) in [5.74, 6) is 0.385. The van der Waals surface area contributed by atoms with Crippen LogP contribution < -0.4 is 10.5 Å². The molecule has 7 heteroatoms. The van der Waals surface area contributed by atoms with E-state index >= 15 is 0 Å². The number of ether oxygens (including phenoxy) is 1. The van der Waals surface area contributed by atoms with Gasteiger partial charge in [0.05, 0.1) is 12.3 Å². The first-order chi connectivity index (χ1) is 12.6. The SMILES string of the molecule is CCOc1c(N=Nc2ccccc2C)c(-c2ccccc2)nn1C(N)=S. The lowest BCUT2D eigenvalue weighted by molar-refractivity contribution is 0.320. The molecule has 2 N–H and O–H groups in total. The van der Waals surface area contributed by atoms with Crippen molar-refractivity contribution in [1.29, 1.82) is 0 Å². The van der Waals surface area contributed by atoms with E-state index in [1.807, 2.05) is 68.4 Å². The lowest BCUT2D eigenvalue weighted by Gasteiger charge is -2.05. The first-order valence-corrected chi connectivity index (χ1v) is 8.61. The van der Waals surface area contributed by atoms with Gasteiger partial charge in [0, 0.05) is 5.56 Å².